The van der Waals surface area contributed by atoms with Crippen molar-refractivity contribution in [3.8, 4) is 0 Å². The molecule has 5 heteroatoms. The summed E-state index contributed by atoms with van der Waals surface area (Å²) in [4.78, 5) is 21.5. The van der Waals surface area contributed by atoms with Crippen LogP contribution in [-0.2, 0) is 10.2 Å². The Morgan fingerprint density at radius 1 is 1.04 bits per heavy atom. The van der Waals surface area contributed by atoms with Crippen molar-refractivity contribution in [3.05, 3.63) is 54.2 Å². The molecule has 5 nitrogen and oxygen atoms in total. The first-order chi connectivity index (χ1) is 12.9. The molecule has 1 aromatic heterocycles. The zero-order valence-corrected chi connectivity index (χ0v) is 16.6. The molecule has 0 radical (unpaired) electrons. The van der Waals surface area contributed by atoms with Crippen molar-refractivity contribution in [1.29, 1.82) is 0 Å². The monoisotopic (exact) mass is 366 g/mol. The maximum absolute atomic E-state index is 12.5. The smallest absolute Gasteiger partial charge is 0.225 e. The molecule has 144 valence electrons. The summed E-state index contributed by atoms with van der Waals surface area (Å²) in [5.41, 5.74) is 2.10. The fourth-order valence-electron chi connectivity index (χ4n) is 3.46. The van der Waals surface area contributed by atoms with Gasteiger partial charge in [0.15, 0.2) is 0 Å². The molecule has 0 unspecified atom stereocenters. The molecule has 27 heavy (non-hydrogen) atoms. The van der Waals surface area contributed by atoms with Crippen LogP contribution in [0.4, 0.5) is 11.5 Å². The quantitative estimate of drug-likeness (QED) is 0.879. The molecule has 1 aromatic carbocycles. The lowest BCUT2D eigenvalue weighted by molar-refractivity contribution is -0.116. The van der Waals surface area contributed by atoms with Gasteiger partial charge in [-0.2, -0.15) is 0 Å². The van der Waals surface area contributed by atoms with Crippen molar-refractivity contribution in [2.75, 3.05) is 42.9 Å². The van der Waals surface area contributed by atoms with Gasteiger partial charge in [0, 0.05) is 51.0 Å². The van der Waals surface area contributed by atoms with Gasteiger partial charge in [-0.15, -0.1) is 0 Å². The Bertz CT molecular complexity index is 746. The summed E-state index contributed by atoms with van der Waals surface area (Å²) in [7, 11) is 0. The highest BCUT2D eigenvalue weighted by molar-refractivity contribution is 5.91. The van der Waals surface area contributed by atoms with E-state index in [1.54, 1.807) is 0 Å². The van der Waals surface area contributed by atoms with Gasteiger partial charge in [-0.25, -0.2) is 4.98 Å². The Kier molecular flexibility index (Phi) is 6.11. The molecule has 0 spiro atoms. The van der Waals surface area contributed by atoms with E-state index in [2.05, 4.69) is 53.0 Å². The molecule has 1 saturated heterocycles. The van der Waals surface area contributed by atoms with Crippen LogP contribution in [0.15, 0.2) is 48.7 Å². The van der Waals surface area contributed by atoms with Crippen LogP contribution in [0.1, 0.15) is 32.8 Å². The maximum Gasteiger partial charge on any atom is 0.225 e. The lowest BCUT2D eigenvalue weighted by Gasteiger charge is -2.35. The number of pyridine rings is 1. The highest BCUT2D eigenvalue weighted by Gasteiger charge is 2.20. The summed E-state index contributed by atoms with van der Waals surface area (Å²) < 4.78 is 0. The first kappa shape index (κ1) is 19.4. The molecule has 3 rings (SSSR count). The molecule has 1 N–H and O–H groups in total. The van der Waals surface area contributed by atoms with E-state index < -0.39 is 0 Å². The summed E-state index contributed by atoms with van der Waals surface area (Å²) in [6, 6.07) is 14.1. The van der Waals surface area contributed by atoms with Crippen molar-refractivity contribution < 1.29 is 4.79 Å². The average molecular weight is 367 g/mol. The zero-order valence-electron chi connectivity index (χ0n) is 16.6. The standard InChI is InChI=1S/C22H30N4O/c1-22(2,3)18-8-4-5-9-19(18)24-21(27)11-13-25-14-16-26(17-15-25)20-10-6-7-12-23-20/h4-10,12H,11,13-17H2,1-3H3,(H,24,27). The van der Waals surface area contributed by atoms with Gasteiger partial charge in [0.1, 0.15) is 5.82 Å². The number of rotatable bonds is 5. The summed E-state index contributed by atoms with van der Waals surface area (Å²) >= 11 is 0. The average Bonchev–Trinajstić information content (AvgIpc) is 2.67. The molecule has 1 fully saturated rings. The van der Waals surface area contributed by atoms with Gasteiger partial charge in [0.2, 0.25) is 5.91 Å². The molecule has 0 bridgehead atoms. The van der Waals surface area contributed by atoms with Gasteiger partial charge in [-0.1, -0.05) is 45.0 Å². The van der Waals surface area contributed by atoms with Crippen LogP contribution >= 0.6 is 0 Å². The lowest BCUT2D eigenvalue weighted by atomic mass is 9.86. The van der Waals surface area contributed by atoms with E-state index in [4.69, 9.17) is 0 Å². The van der Waals surface area contributed by atoms with Crippen molar-refractivity contribution in [2.24, 2.45) is 0 Å². The van der Waals surface area contributed by atoms with Crippen LogP contribution in [0.2, 0.25) is 0 Å². The van der Waals surface area contributed by atoms with Crippen molar-refractivity contribution in [3.63, 3.8) is 0 Å². The van der Waals surface area contributed by atoms with E-state index in [0.29, 0.717) is 6.42 Å². The number of para-hydroxylation sites is 1. The number of nitrogens with one attached hydrogen (secondary N) is 1. The van der Waals surface area contributed by atoms with Gasteiger partial charge < -0.3 is 10.2 Å². The molecule has 2 heterocycles. The highest BCUT2D eigenvalue weighted by atomic mass is 16.1. The minimum atomic E-state index is 0.00563. The number of hydrogen-bond donors (Lipinski definition) is 1. The molecular weight excluding hydrogens is 336 g/mol. The summed E-state index contributed by atoms with van der Waals surface area (Å²) in [5, 5.41) is 3.11. The second kappa shape index (κ2) is 8.53. The van der Waals surface area contributed by atoms with Crippen molar-refractivity contribution in [2.45, 2.75) is 32.6 Å². The van der Waals surface area contributed by atoms with Crippen molar-refractivity contribution >= 4 is 17.4 Å². The molecule has 2 aromatic rings. The van der Waals surface area contributed by atoms with Crippen LogP contribution < -0.4 is 10.2 Å². The van der Waals surface area contributed by atoms with Crippen LogP contribution in [-0.4, -0.2) is 48.5 Å². The number of nitrogens with zero attached hydrogens (tertiary/aromatic N) is 3. The molecule has 0 atom stereocenters. The Morgan fingerprint density at radius 3 is 2.41 bits per heavy atom. The zero-order chi connectivity index (χ0) is 19.3. The summed E-state index contributed by atoms with van der Waals surface area (Å²) in [6.07, 6.45) is 2.35. The van der Waals surface area contributed by atoms with E-state index in [1.165, 1.54) is 5.56 Å². The topological polar surface area (TPSA) is 48.5 Å². The third-order valence-corrected chi connectivity index (χ3v) is 5.01. The number of benzene rings is 1. The predicted octanol–water partition coefficient (Wildman–Crippen LogP) is 3.53. The molecule has 0 saturated carbocycles. The number of carbonyl (C=O) groups is 1. The normalized spacial score (nSPS) is 15.6. The van der Waals surface area contributed by atoms with Crippen LogP contribution in [0.5, 0.6) is 0 Å². The third-order valence-electron chi connectivity index (χ3n) is 5.01. The van der Waals surface area contributed by atoms with E-state index in [9.17, 15) is 4.79 Å². The van der Waals surface area contributed by atoms with Gasteiger partial charge in [-0.05, 0) is 29.2 Å². The number of carbonyl (C=O) groups excluding carboxylic acids is 1. The number of aromatic nitrogens is 1. The molecule has 1 amide bonds. The number of piperazine rings is 1. The van der Waals surface area contributed by atoms with E-state index >= 15 is 0 Å². The number of amides is 1. The van der Waals surface area contributed by atoms with Crippen LogP contribution in [0.3, 0.4) is 0 Å². The summed E-state index contributed by atoms with van der Waals surface area (Å²) in [5.74, 6) is 1.12. The maximum atomic E-state index is 12.5. The van der Waals surface area contributed by atoms with E-state index in [-0.39, 0.29) is 11.3 Å². The van der Waals surface area contributed by atoms with Crippen molar-refractivity contribution in [1.82, 2.24) is 9.88 Å². The second-order valence-electron chi connectivity index (χ2n) is 8.11. The van der Waals surface area contributed by atoms with E-state index in [0.717, 1.165) is 44.2 Å². The van der Waals surface area contributed by atoms with Gasteiger partial charge in [0.05, 0.1) is 0 Å². The molecular formula is C22H30N4O. The van der Waals surface area contributed by atoms with Crippen LogP contribution in [0, 0.1) is 0 Å². The predicted molar refractivity (Wildman–Crippen MR) is 111 cm³/mol. The lowest BCUT2D eigenvalue weighted by Crippen LogP contribution is -2.47. The molecule has 0 aliphatic carbocycles. The van der Waals surface area contributed by atoms with Gasteiger partial charge >= 0.3 is 0 Å². The van der Waals surface area contributed by atoms with E-state index in [1.807, 2.05) is 36.5 Å². The number of hydrogen-bond acceptors (Lipinski definition) is 4. The Balaban J connectivity index is 1.47. The Hall–Kier alpha value is -2.40. The fraction of sp³-hybridized carbons (Fsp3) is 0.455. The SMILES string of the molecule is CC(C)(C)c1ccccc1NC(=O)CCN1CCN(c2ccccn2)CC1. The Morgan fingerprint density at radius 2 is 1.74 bits per heavy atom. The molecule has 1 aliphatic heterocycles. The minimum absolute atomic E-state index is 0.00563. The first-order valence-corrected chi connectivity index (χ1v) is 9.71. The third kappa shape index (κ3) is 5.30. The molecule has 1 aliphatic rings. The van der Waals surface area contributed by atoms with Gasteiger partial charge in [0.25, 0.3) is 0 Å². The fourth-order valence-corrected chi connectivity index (χ4v) is 3.46. The van der Waals surface area contributed by atoms with Gasteiger partial charge in [-0.3, -0.25) is 9.69 Å². The van der Waals surface area contributed by atoms with Crippen LogP contribution in [0.25, 0.3) is 0 Å². The minimum Gasteiger partial charge on any atom is -0.354 e. The second-order valence-corrected chi connectivity index (χ2v) is 8.11. The first-order valence-electron chi connectivity index (χ1n) is 9.71. The largest absolute Gasteiger partial charge is 0.354 e. The highest BCUT2D eigenvalue weighted by Crippen LogP contribution is 2.29. The summed E-state index contributed by atoms with van der Waals surface area (Å²) in [6.45, 7) is 11.1. The number of anilines is 2. The Labute approximate surface area is 162 Å².